The van der Waals surface area contributed by atoms with Crippen molar-refractivity contribution in [2.45, 2.75) is 69.4 Å². The quantitative estimate of drug-likeness (QED) is 0.427. The number of halogens is 3. The first-order chi connectivity index (χ1) is 17.3. The molecular weight excluding hydrogens is 467 g/mol. The lowest BCUT2D eigenvalue weighted by Gasteiger charge is -2.49. The van der Waals surface area contributed by atoms with Gasteiger partial charge in [0, 0.05) is 41.4 Å². The van der Waals surface area contributed by atoms with Crippen molar-refractivity contribution in [1.82, 2.24) is 4.90 Å². The van der Waals surface area contributed by atoms with Crippen molar-refractivity contribution in [3.8, 4) is 11.8 Å². The number of carbonyl (C=O) groups is 1. The van der Waals surface area contributed by atoms with Gasteiger partial charge in [-0.25, -0.2) is 0 Å². The van der Waals surface area contributed by atoms with Crippen LogP contribution < -0.4 is 9.64 Å². The van der Waals surface area contributed by atoms with Crippen LogP contribution in [-0.2, 0) is 0 Å². The summed E-state index contributed by atoms with van der Waals surface area (Å²) in [7, 11) is 0. The number of benzene rings is 2. The van der Waals surface area contributed by atoms with Crippen molar-refractivity contribution in [2.75, 3.05) is 4.90 Å². The van der Waals surface area contributed by atoms with Crippen LogP contribution in [0.5, 0.6) is 5.75 Å². The third-order valence-corrected chi connectivity index (χ3v) is 7.47. The number of ether oxygens (including phenoxy) is 1. The standard InChI is InChI=1S/C28H28F3N3O2/c1-18(6-5-17-32)33(20-13-14-20)26-22-7-2-3-9-24(22)34(25-10-4-8-23(25)26)27(35)19-11-15-21(16-12-19)36-28(29,30)31/h2-3,7,9,11-12,15-16,20,23,25-26H,1,4-6,8,10,13-14H2. The molecule has 2 aliphatic carbocycles. The molecule has 2 aromatic rings. The zero-order chi connectivity index (χ0) is 25.4. The van der Waals surface area contributed by atoms with Gasteiger partial charge in [0.15, 0.2) is 0 Å². The van der Waals surface area contributed by atoms with E-state index in [0.29, 0.717) is 24.4 Å². The minimum Gasteiger partial charge on any atom is -0.406 e. The molecule has 36 heavy (non-hydrogen) atoms. The number of alkyl halides is 3. The Bertz CT molecular complexity index is 1180. The SMILES string of the molecule is C=C(CCC#N)N(C1CC1)C1c2ccccc2N(C(=O)c2ccc(OC(F)(F)F)cc2)C2CCCC21. The van der Waals surface area contributed by atoms with Gasteiger partial charge in [0.2, 0.25) is 0 Å². The van der Waals surface area contributed by atoms with Gasteiger partial charge in [-0.2, -0.15) is 5.26 Å². The minimum absolute atomic E-state index is 0.0199. The maximum Gasteiger partial charge on any atom is 0.573 e. The Morgan fingerprint density at radius 1 is 1.11 bits per heavy atom. The van der Waals surface area contributed by atoms with E-state index in [-0.39, 0.29) is 29.7 Å². The summed E-state index contributed by atoms with van der Waals surface area (Å²) in [6, 6.07) is 15.8. The Balaban J connectivity index is 1.50. The molecule has 1 amide bonds. The van der Waals surface area contributed by atoms with Crippen molar-refractivity contribution in [3.05, 3.63) is 71.9 Å². The highest BCUT2D eigenvalue weighted by Crippen LogP contribution is 2.54. The van der Waals surface area contributed by atoms with Crippen molar-refractivity contribution in [2.24, 2.45) is 5.92 Å². The first-order valence-electron chi connectivity index (χ1n) is 12.4. The average Bonchev–Trinajstić information content (AvgIpc) is 3.57. The topological polar surface area (TPSA) is 56.6 Å². The Morgan fingerprint density at radius 2 is 1.83 bits per heavy atom. The van der Waals surface area contributed by atoms with Crippen molar-refractivity contribution in [3.63, 3.8) is 0 Å². The molecule has 188 valence electrons. The van der Waals surface area contributed by atoms with E-state index in [9.17, 15) is 18.0 Å². The molecule has 0 N–H and O–H groups in total. The van der Waals surface area contributed by atoms with Gasteiger partial charge < -0.3 is 14.5 Å². The van der Waals surface area contributed by atoms with Gasteiger partial charge in [-0.05, 0) is 68.0 Å². The van der Waals surface area contributed by atoms with E-state index in [1.807, 2.05) is 23.1 Å². The summed E-state index contributed by atoms with van der Waals surface area (Å²) >= 11 is 0. The Kier molecular flexibility index (Phi) is 6.42. The monoisotopic (exact) mass is 495 g/mol. The van der Waals surface area contributed by atoms with E-state index in [2.05, 4.69) is 28.4 Å². The minimum atomic E-state index is -4.78. The fraction of sp³-hybridized carbons (Fsp3) is 0.429. The number of fused-ring (bicyclic) bond motifs is 2. The molecule has 1 heterocycles. The highest BCUT2D eigenvalue weighted by Gasteiger charge is 2.50. The number of anilines is 1. The van der Waals surface area contributed by atoms with E-state index in [4.69, 9.17) is 5.26 Å². The first-order valence-corrected chi connectivity index (χ1v) is 12.4. The largest absolute Gasteiger partial charge is 0.573 e. The zero-order valence-electron chi connectivity index (χ0n) is 19.9. The van der Waals surface area contributed by atoms with Crippen LogP contribution in [0.3, 0.4) is 0 Å². The second kappa shape index (κ2) is 9.53. The zero-order valence-corrected chi connectivity index (χ0v) is 19.9. The van der Waals surface area contributed by atoms with E-state index in [1.165, 1.54) is 24.3 Å². The van der Waals surface area contributed by atoms with Crippen LogP contribution in [0, 0.1) is 17.2 Å². The third-order valence-electron chi connectivity index (χ3n) is 7.47. The molecule has 3 unspecified atom stereocenters. The molecular formula is C28H28F3N3O2. The van der Waals surface area contributed by atoms with E-state index >= 15 is 0 Å². The van der Waals surface area contributed by atoms with Crippen LogP contribution in [0.15, 0.2) is 60.8 Å². The van der Waals surface area contributed by atoms with Gasteiger partial charge in [0.25, 0.3) is 5.91 Å². The van der Waals surface area contributed by atoms with E-state index in [0.717, 1.165) is 49.1 Å². The molecule has 3 atom stereocenters. The molecule has 5 nitrogen and oxygen atoms in total. The Hall–Kier alpha value is -3.47. The lowest BCUT2D eigenvalue weighted by atomic mass is 9.81. The van der Waals surface area contributed by atoms with Gasteiger partial charge in [0.05, 0.1) is 12.1 Å². The highest BCUT2D eigenvalue weighted by molar-refractivity contribution is 6.07. The summed E-state index contributed by atoms with van der Waals surface area (Å²) in [6.07, 6.45) is 1.27. The number of nitriles is 1. The highest BCUT2D eigenvalue weighted by atomic mass is 19.4. The van der Waals surface area contributed by atoms with Gasteiger partial charge in [0.1, 0.15) is 5.75 Å². The molecule has 2 aromatic carbocycles. The molecule has 0 radical (unpaired) electrons. The van der Waals surface area contributed by atoms with Crippen molar-refractivity contribution in [1.29, 1.82) is 5.26 Å². The molecule has 8 heteroatoms. The maximum absolute atomic E-state index is 13.8. The average molecular weight is 496 g/mol. The number of rotatable bonds is 7. The molecule has 0 aromatic heterocycles. The van der Waals surface area contributed by atoms with Gasteiger partial charge in [-0.1, -0.05) is 31.2 Å². The molecule has 2 saturated carbocycles. The fourth-order valence-corrected chi connectivity index (χ4v) is 5.94. The van der Waals surface area contributed by atoms with Crippen LogP contribution in [-0.4, -0.2) is 29.3 Å². The molecule has 5 rings (SSSR count). The number of amides is 1. The van der Waals surface area contributed by atoms with E-state index < -0.39 is 6.36 Å². The number of hydrogen-bond acceptors (Lipinski definition) is 4. The predicted octanol–water partition coefficient (Wildman–Crippen LogP) is 6.74. The van der Waals surface area contributed by atoms with Crippen molar-refractivity contribution < 1.29 is 22.7 Å². The van der Waals surface area contributed by atoms with Gasteiger partial charge in [-0.3, -0.25) is 4.79 Å². The lowest BCUT2D eigenvalue weighted by Crippen LogP contribution is -2.51. The molecule has 0 saturated heterocycles. The smallest absolute Gasteiger partial charge is 0.406 e. The first kappa shape index (κ1) is 24.2. The lowest BCUT2D eigenvalue weighted by molar-refractivity contribution is -0.274. The number of hydrogen-bond donors (Lipinski definition) is 0. The van der Waals surface area contributed by atoms with Gasteiger partial charge in [-0.15, -0.1) is 13.2 Å². The second-order valence-electron chi connectivity index (χ2n) is 9.78. The van der Waals surface area contributed by atoms with Crippen LogP contribution >= 0.6 is 0 Å². The molecule has 2 fully saturated rings. The number of nitrogens with zero attached hydrogens (tertiary/aromatic N) is 3. The fourth-order valence-electron chi connectivity index (χ4n) is 5.94. The summed E-state index contributed by atoms with van der Waals surface area (Å²) in [5, 5.41) is 9.13. The van der Waals surface area contributed by atoms with E-state index in [1.54, 1.807) is 0 Å². The third kappa shape index (κ3) is 4.67. The van der Waals surface area contributed by atoms with Gasteiger partial charge >= 0.3 is 6.36 Å². The van der Waals surface area contributed by atoms with Crippen LogP contribution in [0.2, 0.25) is 0 Å². The summed E-state index contributed by atoms with van der Waals surface area (Å²) in [4.78, 5) is 18.1. The molecule has 0 spiro atoms. The van der Waals surface area contributed by atoms with Crippen LogP contribution in [0.4, 0.5) is 18.9 Å². The summed E-state index contributed by atoms with van der Waals surface area (Å²) in [5.74, 6) is -0.374. The Labute approximate surface area is 208 Å². The number of carbonyl (C=O) groups excluding carboxylic acids is 1. The summed E-state index contributed by atoms with van der Waals surface area (Å²) in [5.41, 5.74) is 3.20. The number of allylic oxidation sites excluding steroid dienone is 1. The predicted molar refractivity (Wildman–Crippen MR) is 129 cm³/mol. The molecule has 1 aliphatic heterocycles. The normalized spacial score (nSPS) is 22.8. The number of para-hydroxylation sites is 1. The second-order valence-corrected chi connectivity index (χ2v) is 9.78. The van der Waals surface area contributed by atoms with Crippen molar-refractivity contribution >= 4 is 11.6 Å². The van der Waals surface area contributed by atoms with Crippen LogP contribution in [0.1, 0.15) is 66.9 Å². The molecule has 3 aliphatic rings. The Morgan fingerprint density at radius 3 is 2.50 bits per heavy atom. The molecule has 0 bridgehead atoms. The maximum atomic E-state index is 13.8. The summed E-state index contributed by atoms with van der Waals surface area (Å²) < 4.78 is 41.7. The summed E-state index contributed by atoms with van der Waals surface area (Å²) in [6.45, 7) is 4.35. The van der Waals surface area contributed by atoms with Crippen LogP contribution in [0.25, 0.3) is 0 Å².